The largest absolute Gasteiger partial charge is 0.368 e. The Balaban J connectivity index is 3.15. The first kappa shape index (κ1) is 11.2. The summed E-state index contributed by atoms with van der Waals surface area (Å²) in [5.74, 6) is -0.428. The van der Waals surface area contributed by atoms with Gasteiger partial charge in [0.25, 0.3) is 0 Å². The molecule has 1 heterocycles. The Morgan fingerprint density at radius 1 is 1.54 bits per heavy atom. The number of nitrogens with two attached hydrogens (primary N) is 1. The zero-order valence-electron chi connectivity index (χ0n) is 6.59. The maximum absolute atomic E-state index is 10.9. The molecule has 1 aromatic rings. The van der Waals surface area contributed by atoms with E-state index >= 15 is 0 Å². The van der Waals surface area contributed by atoms with E-state index in [1.807, 2.05) is 0 Å². The molecule has 1 amide bonds. The Morgan fingerprint density at radius 2 is 2.08 bits per heavy atom. The molecular weight excluding hydrogens is 370 g/mol. The molecule has 1 rings (SSSR count). The molecule has 0 bridgehead atoms. The molecule has 0 spiro atoms. The molecule has 0 aliphatic carbocycles. The van der Waals surface area contributed by atoms with Crippen molar-refractivity contribution in [2.75, 3.05) is 0 Å². The lowest BCUT2D eigenvalue weighted by atomic mass is 10.3. The van der Waals surface area contributed by atoms with Gasteiger partial charge in [-0.25, -0.2) is 4.68 Å². The fourth-order valence-corrected chi connectivity index (χ4v) is 2.21. The summed E-state index contributed by atoms with van der Waals surface area (Å²) in [7, 11) is 0. The fraction of sp³-hybridized carbons (Fsp3) is 0.333. The van der Waals surface area contributed by atoms with Gasteiger partial charge in [-0.15, -0.1) is 0 Å². The lowest BCUT2D eigenvalue weighted by Crippen LogP contribution is -2.24. The number of aromatic nitrogens is 2. The van der Waals surface area contributed by atoms with Gasteiger partial charge in [0.15, 0.2) is 0 Å². The number of carbonyl (C=O) groups is 1. The number of hydrogen-bond donors (Lipinski definition) is 1. The van der Waals surface area contributed by atoms with E-state index in [9.17, 15) is 4.79 Å². The summed E-state index contributed by atoms with van der Waals surface area (Å²) >= 11 is 9.80. The number of primary amides is 1. The summed E-state index contributed by atoms with van der Waals surface area (Å²) in [5.41, 5.74) is 5.15. The van der Waals surface area contributed by atoms with Crippen molar-refractivity contribution < 1.29 is 4.79 Å². The zero-order chi connectivity index (χ0) is 10.2. The highest BCUT2D eigenvalue weighted by molar-refractivity contribution is 9.14. The first-order valence-corrected chi connectivity index (χ1v) is 5.71. The van der Waals surface area contributed by atoms with Gasteiger partial charge in [0, 0.05) is 0 Å². The summed E-state index contributed by atoms with van der Waals surface area (Å²) in [4.78, 5) is 10.9. The monoisotopic (exact) mass is 373 g/mol. The lowest BCUT2D eigenvalue weighted by molar-refractivity contribution is -0.121. The van der Waals surface area contributed by atoms with Gasteiger partial charge in [0.1, 0.15) is 15.2 Å². The Labute approximate surface area is 100 Å². The lowest BCUT2D eigenvalue weighted by Gasteiger charge is -2.08. The molecule has 0 aromatic carbocycles. The van der Waals surface area contributed by atoms with Crippen LogP contribution in [0, 0.1) is 0 Å². The van der Waals surface area contributed by atoms with Gasteiger partial charge in [-0.1, -0.05) is 0 Å². The van der Waals surface area contributed by atoms with E-state index in [2.05, 4.69) is 52.9 Å². The van der Waals surface area contributed by atoms with Crippen LogP contribution in [-0.4, -0.2) is 15.7 Å². The van der Waals surface area contributed by atoms with Crippen LogP contribution in [0.3, 0.4) is 0 Å². The van der Waals surface area contributed by atoms with Crippen LogP contribution in [-0.2, 0) is 4.79 Å². The second-order valence-electron chi connectivity index (χ2n) is 2.42. The molecule has 7 heteroatoms. The van der Waals surface area contributed by atoms with Gasteiger partial charge in [-0.3, -0.25) is 4.79 Å². The molecule has 0 radical (unpaired) electrons. The fourth-order valence-electron chi connectivity index (χ4n) is 0.745. The average molecular weight is 376 g/mol. The van der Waals surface area contributed by atoms with Gasteiger partial charge in [-0.05, 0) is 54.7 Å². The van der Waals surface area contributed by atoms with Crippen molar-refractivity contribution >= 4 is 53.7 Å². The highest BCUT2D eigenvalue weighted by Gasteiger charge is 2.19. The summed E-state index contributed by atoms with van der Waals surface area (Å²) in [5, 5.41) is 4.07. The summed E-state index contributed by atoms with van der Waals surface area (Å²) in [6.07, 6.45) is 0. The van der Waals surface area contributed by atoms with E-state index in [-0.39, 0.29) is 0 Å². The Morgan fingerprint density at radius 3 is 2.38 bits per heavy atom. The molecule has 72 valence electrons. The third kappa shape index (κ3) is 2.13. The van der Waals surface area contributed by atoms with Crippen molar-refractivity contribution in [2.24, 2.45) is 5.73 Å². The highest BCUT2D eigenvalue weighted by atomic mass is 79.9. The Bertz CT molecular complexity index is 349. The summed E-state index contributed by atoms with van der Waals surface area (Å²) in [6.45, 7) is 1.68. The molecule has 0 aliphatic heterocycles. The van der Waals surface area contributed by atoms with E-state index in [1.165, 1.54) is 4.68 Å². The Hall–Kier alpha value is 0.120. The van der Waals surface area contributed by atoms with Crippen LogP contribution in [0.25, 0.3) is 0 Å². The third-order valence-corrected chi connectivity index (χ3v) is 4.67. The van der Waals surface area contributed by atoms with Crippen LogP contribution in [0.2, 0.25) is 0 Å². The van der Waals surface area contributed by atoms with Crippen LogP contribution in [0.1, 0.15) is 13.0 Å². The number of amides is 1. The number of hydrogen-bond acceptors (Lipinski definition) is 2. The summed E-state index contributed by atoms with van der Waals surface area (Å²) < 4.78 is 3.58. The topological polar surface area (TPSA) is 60.9 Å². The second-order valence-corrected chi connectivity index (χ2v) is 4.71. The second kappa shape index (κ2) is 4.10. The van der Waals surface area contributed by atoms with Gasteiger partial charge >= 0.3 is 0 Å². The van der Waals surface area contributed by atoms with E-state index in [1.54, 1.807) is 6.92 Å². The molecule has 0 fully saturated rings. The molecule has 0 aliphatic rings. The molecule has 0 saturated carbocycles. The average Bonchev–Trinajstić information content (AvgIpc) is 2.31. The number of rotatable bonds is 2. The summed E-state index contributed by atoms with van der Waals surface area (Å²) in [6, 6.07) is -0.475. The van der Waals surface area contributed by atoms with Crippen molar-refractivity contribution in [3.05, 3.63) is 13.7 Å². The predicted molar refractivity (Wildman–Crippen MR) is 59.2 cm³/mol. The minimum Gasteiger partial charge on any atom is -0.368 e. The van der Waals surface area contributed by atoms with Gasteiger partial charge < -0.3 is 5.73 Å². The smallest absolute Gasteiger partial charge is 0.242 e. The molecule has 4 nitrogen and oxygen atoms in total. The predicted octanol–water partition coefficient (Wildman–Crippen LogP) is 2.22. The highest BCUT2D eigenvalue weighted by Crippen LogP contribution is 2.32. The van der Waals surface area contributed by atoms with Gasteiger partial charge in [0.2, 0.25) is 5.91 Å². The maximum atomic E-state index is 10.9. The first-order valence-electron chi connectivity index (χ1n) is 3.33. The van der Waals surface area contributed by atoms with Crippen LogP contribution in [0.15, 0.2) is 13.7 Å². The molecule has 2 N–H and O–H groups in total. The number of carbonyl (C=O) groups excluding carboxylic acids is 1. The minimum absolute atomic E-state index is 0.428. The zero-order valence-corrected chi connectivity index (χ0v) is 11.3. The van der Waals surface area contributed by atoms with Crippen molar-refractivity contribution in [1.29, 1.82) is 0 Å². The Kier molecular flexibility index (Phi) is 3.53. The molecular formula is C6H6Br3N3O. The van der Waals surface area contributed by atoms with Crippen LogP contribution in [0.5, 0.6) is 0 Å². The number of halogens is 3. The van der Waals surface area contributed by atoms with Crippen LogP contribution < -0.4 is 5.73 Å². The first-order chi connectivity index (χ1) is 5.95. The molecule has 0 saturated heterocycles. The normalized spacial score (nSPS) is 12.9. The molecule has 13 heavy (non-hydrogen) atoms. The molecule has 1 unspecified atom stereocenters. The molecule has 1 atom stereocenters. The van der Waals surface area contributed by atoms with E-state index in [0.29, 0.717) is 9.21 Å². The van der Waals surface area contributed by atoms with Gasteiger partial charge in [-0.2, -0.15) is 5.10 Å². The van der Waals surface area contributed by atoms with Crippen molar-refractivity contribution in [3.63, 3.8) is 0 Å². The van der Waals surface area contributed by atoms with E-state index < -0.39 is 11.9 Å². The van der Waals surface area contributed by atoms with Crippen molar-refractivity contribution in [2.45, 2.75) is 13.0 Å². The maximum Gasteiger partial charge on any atom is 0.242 e. The SMILES string of the molecule is CC(C(N)=O)n1nc(Br)c(Br)c1Br. The van der Waals surface area contributed by atoms with Crippen LogP contribution in [0.4, 0.5) is 0 Å². The van der Waals surface area contributed by atoms with Crippen molar-refractivity contribution in [1.82, 2.24) is 9.78 Å². The minimum atomic E-state index is -0.475. The standard InChI is InChI=1S/C6H6Br3N3O/c1-2(6(10)13)12-5(9)3(7)4(8)11-12/h2H,1H3,(H2,10,13). The van der Waals surface area contributed by atoms with E-state index in [0.717, 1.165) is 4.47 Å². The molecule has 1 aromatic heterocycles. The van der Waals surface area contributed by atoms with Crippen molar-refractivity contribution in [3.8, 4) is 0 Å². The quantitative estimate of drug-likeness (QED) is 0.861. The van der Waals surface area contributed by atoms with Gasteiger partial charge in [0.05, 0.1) is 4.47 Å². The third-order valence-electron chi connectivity index (χ3n) is 1.54. The van der Waals surface area contributed by atoms with E-state index in [4.69, 9.17) is 5.73 Å². The van der Waals surface area contributed by atoms with Crippen LogP contribution >= 0.6 is 47.8 Å². The number of nitrogens with zero attached hydrogens (tertiary/aromatic N) is 2.